The summed E-state index contributed by atoms with van der Waals surface area (Å²) < 4.78 is 5.15. The molecule has 0 bridgehead atoms. The molecule has 0 aliphatic rings. The van der Waals surface area contributed by atoms with E-state index in [9.17, 15) is 9.90 Å². The van der Waals surface area contributed by atoms with E-state index in [0.717, 1.165) is 5.56 Å². The lowest BCUT2D eigenvalue weighted by Crippen LogP contribution is -2.22. The lowest BCUT2D eigenvalue weighted by molar-refractivity contribution is 0.217. The number of aromatic hydroxyl groups is 1. The van der Waals surface area contributed by atoms with Crippen LogP contribution in [0, 0.1) is 6.92 Å². The zero-order valence-electron chi connectivity index (χ0n) is 11.0. The van der Waals surface area contributed by atoms with Crippen LogP contribution in [0.1, 0.15) is 11.1 Å². The predicted molar refractivity (Wildman–Crippen MR) is 72.3 cm³/mol. The van der Waals surface area contributed by atoms with E-state index in [4.69, 9.17) is 9.52 Å². The number of hydrogen-bond acceptors (Lipinski definition) is 5. The maximum atomic E-state index is 11.5. The molecule has 19 heavy (non-hydrogen) atoms. The summed E-state index contributed by atoms with van der Waals surface area (Å²) >= 11 is 0. The first kappa shape index (κ1) is 13.6. The number of aryl methyl sites for hydroxylation is 1. The number of phenolic OH excluding ortho intramolecular Hbond substituents is 1. The van der Waals surface area contributed by atoms with Crippen molar-refractivity contribution in [2.75, 3.05) is 20.2 Å². The second-order valence-electron chi connectivity index (χ2n) is 4.69. The molecule has 1 aromatic heterocycles. The molecule has 0 aliphatic heterocycles. The van der Waals surface area contributed by atoms with Crippen molar-refractivity contribution >= 4 is 11.0 Å². The van der Waals surface area contributed by atoms with Crippen LogP contribution in [0.3, 0.4) is 0 Å². The van der Waals surface area contributed by atoms with Crippen LogP contribution >= 0.6 is 0 Å². The fourth-order valence-electron chi connectivity index (χ4n) is 2.03. The summed E-state index contributed by atoms with van der Waals surface area (Å²) in [7, 11) is 1.85. The summed E-state index contributed by atoms with van der Waals surface area (Å²) in [4.78, 5) is 13.4. The van der Waals surface area contributed by atoms with Crippen molar-refractivity contribution in [1.82, 2.24) is 4.90 Å². The van der Waals surface area contributed by atoms with Crippen LogP contribution in [0.5, 0.6) is 5.75 Å². The van der Waals surface area contributed by atoms with E-state index in [0.29, 0.717) is 29.6 Å². The summed E-state index contributed by atoms with van der Waals surface area (Å²) in [5, 5.41) is 19.4. The summed E-state index contributed by atoms with van der Waals surface area (Å²) in [6, 6.07) is 4.68. The zero-order valence-corrected chi connectivity index (χ0v) is 11.0. The molecule has 2 aromatic rings. The van der Waals surface area contributed by atoms with Gasteiger partial charge in [-0.1, -0.05) is 0 Å². The molecule has 102 valence electrons. The first-order valence-electron chi connectivity index (χ1n) is 6.07. The van der Waals surface area contributed by atoms with E-state index < -0.39 is 5.63 Å². The average molecular weight is 263 g/mol. The third-order valence-electron chi connectivity index (χ3n) is 3.07. The Morgan fingerprint density at radius 2 is 2.05 bits per heavy atom. The topological polar surface area (TPSA) is 73.9 Å². The van der Waals surface area contributed by atoms with Crippen LogP contribution in [-0.2, 0) is 6.54 Å². The van der Waals surface area contributed by atoms with Gasteiger partial charge in [-0.25, -0.2) is 4.79 Å². The van der Waals surface area contributed by atoms with Crippen LogP contribution in [0.2, 0.25) is 0 Å². The molecule has 0 fully saturated rings. The predicted octanol–water partition coefficient (Wildman–Crippen LogP) is 1.23. The molecular formula is C14H17NO4. The average Bonchev–Trinajstić information content (AvgIpc) is 2.32. The van der Waals surface area contributed by atoms with Gasteiger partial charge in [0.15, 0.2) is 0 Å². The van der Waals surface area contributed by atoms with Gasteiger partial charge in [-0.2, -0.15) is 0 Å². The molecule has 5 heteroatoms. The highest BCUT2D eigenvalue weighted by Gasteiger charge is 2.10. The Morgan fingerprint density at radius 3 is 2.74 bits per heavy atom. The monoisotopic (exact) mass is 263 g/mol. The highest BCUT2D eigenvalue weighted by atomic mass is 16.4. The first-order chi connectivity index (χ1) is 9.01. The quantitative estimate of drug-likeness (QED) is 0.812. The number of phenols is 1. The maximum absolute atomic E-state index is 11.5. The van der Waals surface area contributed by atoms with Crippen LogP contribution in [0.25, 0.3) is 11.0 Å². The Hall–Kier alpha value is -1.85. The number of nitrogens with zero attached hydrogens (tertiary/aromatic N) is 1. The number of fused-ring (bicyclic) bond motifs is 1. The van der Waals surface area contributed by atoms with Crippen molar-refractivity contribution in [3.05, 3.63) is 39.7 Å². The fraction of sp³-hybridized carbons (Fsp3) is 0.357. The molecule has 0 spiro atoms. The van der Waals surface area contributed by atoms with Crippen LogP contribution in [0.4, 0.5) is 0 Å². The highest BCUT2D eigenvalue weighted by molar-refractivity contribution is 5.82. The van der Waals surface area contributed by atoms with Crippen LogP contribution in [-0.4, -0.2) is 35.3 Å². The Labute approximate surface area is 110 Å². The van der Waals surface area contributed by atoms with Gasteiger partial charge in [0.05, 0.1) is 6.61 Å². The van der Waals surface area contributed by atoms with E-state index in [1.54, 1.807) is 19.1 Å². The van der Waals surface area contributed by atoms with Gasteiger partial charge in [0.1, 0.15) is 11.3 Å². The van der Waals surface area contributed by atoms with Gasteiger partial charge in [-0.05, 0) is 37.2 Å². The summed E-state index contributed by atoms with van der Waals surface area (Å²) in [6.45, 7) is 2.82. The van der Waals surface area contributed by atoms with Crippen molar-refractivity contribution in [1.29, 1.82) is 0 Å². The van der Waals surface area contributed by atoms with E-state index in [1.807, 2.05) is 11.9 Å². The van der Waals surface area contributed by atoms with E-state index in [-0.39, 0.29) is 12.4 Å². The summed E-state index contributed by atoms with van der Waals surface area (Å²) in [5.41, 5.74) is 1.49. The van der Waals surface area contributed by atoms with E-state index in [1.165, 1.54) is 6.07 Å². The van der Waals surface area contributed by atoms with E-state index in [2.05, 4.69) is 0 Å². The second-order valence-corrected chi connectivity index (χ2v) is 4.69. The molecule has 5 nitrogen and oxygen atoms in total. The molecule has 0 unspecified atom stereocenters. The third-order valence-corrected chi connectivity index (χ3v) is 3.07. The van der Waals surface area contributed by atoms with Gasteiger partial charge in [0.25, 0.3) is 0 Å². The van der Waals surface area contributed by atoms with Gasteiger partial charge in [-0.15, -0.1) is 0 Å². The fourth-order valence-corrected chi connectivity index (χ4v) is 2.03. The Bertz CT molecular complexity index is 648. The number of rotatable bonds is 4. The van der Waals surface area contributed by atoms with Crippen LogP contribution < -0.4 is 5.63 Å². The van der Waals surface area contributed by atoms with Crippen molar-refractivity contribution in [2.24, 2.45) is 0 Å². The number of aliphatic hydroxyl groups is 1. The Kier molecular flexibility index (Phi) is 3.87. The Balaban J connectivity index is 2.53. The van der Waals surface area contributed by atoms with Crippen LogP contribution in [0.15, 0.2) is 27.4 Å². The van der Waals surface area contributed by atoms with Gasteiger partial charge in [-0.3, -0.25) is 4.90 Å². The smallest absolute Gasteiger partial charge is 0.336 e. The molecule has 0 radical (unpaired) electrons. The minimum absolute atomic E-state index is 0.0558. The molecule has 0 saturated carbocycles. The van der Waals surface area contributed by atoms with Gasteiger partial charge < -0.3 is 14.6 Å². The molecule has 0 aliphatic carbocycles. The summed E-state index contributed by atoms with van der Waals surface area (Å²) in [6.07, 6.45) is 0. The Morgan fingerprint density at radius 1 is 1.32 bits per heavy atom. The van der Waals surface area contributed by atoms with Gasteiger partial charge in [0, 0.05) is 24.5 Å². The molecule has 0 atom stereocenters. The van der Waals surface area contributed by atoms with Crippen molar-refractivity contribution < 1.29 is 14.6 Å². The normalized spacial score (nSPS) is 11.4. The molecule has 1 heterocycles. The molecular weight excluding hydrogens is 246 g/mol. The minimum Gasteiger partial charge on any atom is -0.508 e. The number of benzene rings is 1. The molecule has 2 N–H and O–H groups in total. The van der Waals surface area contributed by atoms with E-state index >= 15 is 0 Å². The lowest BCUT2D eigenvalue weighted by Gasteiger charge is -2.16. The van der Waals surface area contributed by atoms with Crippen molar-refractivity contribution in [3.63, 3.8) is 0 Å². The maximum Gasteiger partial charge on any atom is 0.336 e. The molecule has 0 saturated heterocycles. The molecule has 2 rings (SSSR count). The number of aliphatic hydroxyl groups excluding tert-OH is 1. The van der Waals surface area contributed by atoms with Gasteiger partial charge in [0.2, 0.25) is 0 Å². The highest BCUT2D eigenvalue weighted by Crippen LogP contribution is 2.26. The van der Waals surface area contributed by atoms with Gasteiger partial charge >= 0.3 is 5.63 Å². The summed E-state index contributed by atoms with van der Waals surface area (Å²) in [5.74, 6) is 0.174. The third kappa shape index (κ3) is 2.94. The largest absolute Gasteiger partial charge is 0.508 e. The zero-order chi connectivity index (χ0) is 14.0. The first-order valence-corrected chi connectivity index (χ1v) is 6.07. The molecule has 1 aromatic carbocycles. The van der Waals surface area contributed by atoms with Crippen molar-refractivity contribution in [2.45, 2.75) is 13.5 Å². The minimum atomic E-state index is -0.412. The SMILES string of the molecule is Cc1cc2oc(=O)cc(CN(C)CCO)c2cc1O. The standard InChI is InChI=1S/C14H17NO4/c1-9-5-13-11(7-12(9)17)10(6-14(18)19-13)8-15(2)3-4-16/h5-7,16-17H,3-4,8H2,1-2H3. The molecule has 0 amide bonds. The number of likely N-dealkylation sites (N-methyl/N-ethyl adjacent to an activating group) is 1. The van der Waals surface area contributed by atoms with Crippen molar-refractivity contribution in [3.8, 4) is 5.75 Å². The number of hydrogen-bond donors (Lipinski definition) is 2. The lowest BCUT2D eigenvalue weighted by atomic mass is 10.1. The second kappa shape index (κ2) is 5.42.